The maximum atomic E-state index is 12.7. The summed E-state index contributed by atoms with van der Waals surface area (Å²) >= 11 is 1.11. The number of hydrogen-bond acceptors (Lipinski definition) is 9. The van der Waals surface area contributed by atoms with Gasteiger partial charge in [-0.25, -0.2) is 0 Å². The van der Waals surface area contributed by atoms with Crippen LogP contribution in [0.25, 0.3) is 0 Å². The lowest BCUT2D eigenvalue weighted by Gasteiger charge is -2.24. The fraction of sp³-hybridized carbons (Fsp3) is 0.500. The second-order valence-corrected chi connectivity index (χ2v) is 12.6. The molecule has 9 heteroatoms. The number of carbonyl (C=O) groups excluding carboxylic acids is 2. The Hall–Kier alpha value is -2.75. The monoisotopic (exact) mass is 534 g/mol. The van der Waals surface area contributed by atoms with E-state index in [2.05, 4.69) is 0 Å². The highest BCUT2D eigenvalue weighted by atomic mass is 32.2. The third-order valence-electron chi connectivity index (χ3n) is 5.57. The van der Waals surface area contributed by atoms with Crippen molar-refractivity contribution in [3.8, 4) is 23.0 Å². The number of hydrogen-bond donors (Lipinski definition) is 4. The number of aromatic hydroxyl groups is 2. The summed E-state index contributed by atoms with van der Waals surface area (Å²) in [4.78, 5) is 25.3. The van der Waals surface area contributed by atoms with E-state index in [1.165, 1.54) is 24.3 Å². The summed E-state index contributed by atoms with van der Waals surface area (Å²) in [5, 5.41) is 38.1. The molecule has 2 aromatic rings. The van der Waals surface area contributed by atoms with Crippen LogP contribution in [-0.2, 0) is 20.4 Å². The van der Waals surface area contributed by atoms with Crippen molar-refractivity contribution in [2.45, 2.75) is 75.7 Å². The van der Waals surface area contributed by atoms with Crippen LogP contribution in [0.15, 0.2) is 36.4 Å². The van der Waals surface area contributed by atoms with Crippen LogP contribution in [-0.4, -0.2) is 56.1 Å². The minimum Gasteiger partial charge on any atom is -0.508 e. The Morgan fingerprint density at radius 3 is 1.38 bits per heavy atom. The maximum Gasteiger partial charge on any atom is 0.312 e. The third kappa shape index (κ3) is 9.25. The van der Waals surface area contributed by atoms with Crippen molar-refractivity contribution >= 4 is 23.7 Å². The Bertz CT molecular complexity index is 999. The molecule has 0 radical (unpaired) electrons. The first-order chi connectivity index (χ1) is 17.1. The highest BCUT2D eigenvalue weighted by Crippen LogP contribution is 2.36. The van der Waals surface area contributed by atoms with E-state index in [0.29, 0.717) is 22.6 Å². The molecule has 0 saturated heterocycles. The lowest BCUT2D eigenvalue weighted by Crippen LogP contribution is -2.26. The maximum absolute atomic E-state index is 12.7. The summed E-state index contributed by atoms with van der Waals surface area (Å²) in [7, 11) is 0. The zero-order valence-corrected chi connectivity index (χ0v) is 23.1. The number of ether oxygens (including phenoxy) is 2. The summed E-state index contributed by atoms with van der Waals surface area (Å²) < 4.78 is 11.1. The van der Waals surface area contributed by atoms with Crippen molar-refractivity contribution in [2.24, 2.45) is 0 Å². The zero-order valence-electron chi connectivity index (χ0n) is 22.3. The highest BCUT2D eigenvalue weighted by Gasteiger charge is 2.27. The average molecular weight is 535 g/mol. The molecule has 0 heterocycles. The predicted octanol–water partition coefficient (Wildman–Crippen LogP) is 4.44. The molecule has 0 aliphatic rings. The fourth-order valence-corrected chi connectivity index (χ4v) is 4.85. The van der Waals surface area contributed by atoms with Gasteiger partial charge >= 0.3 is 11.9 Å². The van der Waals surface area contributed by atoms with E-state index in [9.17, 15) is 30.0 Å². The van der Waals surface area contributed by atoms with E-state index in [1.54, 1.807) is 12.1 Å². The molecule has 2 atom stereocenters. The number of benzene rings is 2. The number of aliphatic hydroxyl groups excluding tert-OH is 2. The van der Waals surface area contributed by atoms with Gasteiger partial charge < -0.3 is 29.9 Å². The number of esters is 2. The van der Waals surface area contributed by atoms with Gasteiger partial charge in [0.15, 0.2) is 0 Å². The van der Waals surface area contributed by atoms with Crippen molar-refractivity contribution in [3.63, 3.8) is 0 Å². The molecule has 8 nitrogen and oxygen atoms in total. The van der Waals surface area contributed by atoms with Crippen LogP contribution in [0.2, 0.25) is 0 Å². The Kier molecular flexibility index (Phi) is 10.4. The van der Waals surface area contributed by atoms with Crippen LogP contribution in [0.3, 0.4) is 0 Å². The van der Waals surface area contributed by atoms with Gasteiger partial charge in [0, 0.05) is 21.6 Å². The first-order valence-electron chi connectivity index (χ1n) is 12.1. The minimum absolute atomic E-state index is 0.0631. The quantitative estimate of drug-likeness (QED) is 0.258. The molecule has 204 valence electrons. The average Bonchev–Trinajstić information content (AvgIpc) is 2.78. The topological polar surface area (TPSA) is 134 Å². The van der Waals surface area contributed by atoms with E-state index in [0.717, 1.165) is 11.8 Å². The van der Waals surface area contributed by atoms with Crippen molar-refractivity contribution in [2.75, 3.05) is 13.2 Å². The number of rotatable bonds is 10. The summed E-state index contributed by atoms with van der Waals surface area (Å²) in [5.74, 6) is -0.395. The highest BCUT2D eigenvalue weighted by molar-refractivity contribution is 8.00. The zero-order chi connectivity index (χ0) is 28.0. The molecule has 2 unspecified atom stereocenters. The molecule has 0 bridgehead atoms. The van der Waals surface area contributed by atoms with Crippen LogP contribution in [0.5, 0.6) is 23.0 Å². The van der Waals surface area contributed by atoms with Gasteiger partial charge in [-0.2, -0.15) is 0 Å². The van der Waals surface area contributed by atoms with Crippen molar-refractivity contribution in [1.29, 1.82) is 0 Å². The lowest BCUT2D eigenvalue weighted by atomic mass is 9.86. The molecule has 0 saturated carbocycles. The Labute approximate surface area is 222 Å². The molecule has 2 rings (SSSR count). The molecule has 2 aromatic carbocycles. The van der Waals surface area contributed by atoms with Crippen molar-refractivity contribution in [3.05, 3.63) is 47.5 Å². The van der Waals surface area contributed by atoms with E-state index in [1.807, 2.05) is 41.5 Å². The van der Waals surface area contributed by atoms with Gasteiger partial charge in [0.1, 0.15) is 23.0 Å². The first kappa shape index (κ1) is 30.5. The van der Waals surface area contributed by atoms with Crippen molar-refractivity contribution in [1.82, 2.24) is 0 Å². The molecule has 0 aromatic heterocycles. The second kappa shape index (κ2) is 12.7. The van der Waals surface area contributed by atoms with Crippen LogP contribution in [0, 0.1) is 0 Å². The van der Waals surface area contributed by atoms with Gasteiger partial charge in [0.2, 0.25) is 0 Å². The SMILES string of the molecule is CC(C)(C)c1cc(O)ccc1OC(=O)CC(CO)SC(CO)CC(=O)Oc1ccc(O)cc1C(C)(C)C. The number of phenols is 2. The van der Waals surface area contributed by atoms with E-state index >= 15 is 0 Å². The van der Waals surface area contributed by atoms with E-state index < -0.39 is 22.4 Å². The number of aliphatic hydroxyl groups is 2. The summed E-state index contributed by atoms with van der Waals surface area (Å²) in [6.07, 6.45) is -0.299. The van der Waals surface area contributed by atoms with Gasteiger partial charge in [-0.15, -0.1) is 11.8 Å². The Balaban J connectivity index is 2.03. The largest absolute Gasteiger partial charge is 0.508 e. The lowest BCUT2D eigenvalue weighted by molar-refractivity contribution is -0.135. The van der Waals surface area contributed by atoms with Gasteiger partial charge in [0.05, 0.1) is 26.1 Å². The predicted molar refractivity (Wildman–Crippen MR) is 143 cm³/mol. The minimum atomic E-state index is -0.619. The second-order valence-electron chi connectivity index (χ2n) is 11.0. The smallest absolute Gasteiger partial charge is 0.312 e. The van der Waals surface area contributed by atoms with Crippen LogP contribution < -0.4 is 9.47 Å². The molecular formula is C28H38O8S. The molecular weight excluding hydrogens is 496 g/mol. The van der Waals surface area contributed by atoms with Crippen molar-refractivity contribution < 1.29 is 39.5 Å². The summed E-state index contributed by atoms with van der Waals surface area (Å²) in [6.45, 7) is 10.9. The summed E-state index contributed by atoms with van der Waals surface area (Å²) in [5.41, 5.74) is 0.557. The molecule has 0 spiro atoms. The molecule has 37 heavy (non-hydrogen) atoms. The van der Waals surface area contributed by atoms with Crippen LogP contribution in [0.4, 0.5) is 0 Å². The van der Waals surface area contributed by atoms with Crippen LogP contribution >= 0.6 is 11.8 Å². The van der Waals surface area contributed by atoms with Gasteiger partial charge in [0.25, 0.3) is 0 Å². The Morgan fingerprint density at radius 2 is 1.08 bits per heavy atom. The number of phenolic OH excluding ortho intramolecular Hbond substituents is 2. The third-order valence-corrected chi connectivity index (χ3v) is 6.97. The first-order valence-corrected chi connectivity index (χ1v) is 13.0. The van der Waals surface area contributed by atoms with E-state index in [4.69, 9.17) is 9.47 Å². The van der Waals surface area contributed by atoms with Gasteiger partial charge in [-0.3, -0.25) is 9.59 Å². The van der Waals surface area contributed by atoms with Gasteiger partial charge in [-0.1, -0.05) is 41.5 Å². The number of carbonyl (C=O) groups is 2. The van der Waals surface area contributed by atoms with Gasteiger partial charge in [-0.05, 0) is 47.2 Å². The Morgan fingerprint density at radius 1 is 0.730 bits per heavy atom. The number of thioether (sulfide) groups is 1. The molecule has 0 aliphatic carbocycles. The van der Waals surface area contributed by atoms with Crippen LogP contribution in [0.1, 0.15) is 65.5 Å². The molecule has 0 amide bonds. The normalized spacial score (nSPS) is 13.6. The standard InChI is InChI=1S/C28H38O8S/c1-27(2,3)21-11-17(31)7-9-23(21)35-25(33)13-19(15-29)37-20(16-30)14-26(34)36-24-10-8-18(32)12-22(24)28(4,5)6/h7-12,19-20,29-32H,13-16H2,1-6H3. The fourth-order valence-electron chi connectivity index (χ4n) is 3.67. The summed E-state index contributed by atoms with van der Waals surface area (Å²) in [6, 6.07) is 9.01. The molecule has 0 aliphatic heterocycles. The molecule has 4 N–H and O–H groups in total. The van der Waals surface area contributed by atoms with E-state index in [-0.39, 0.29) is 48.4 Å². The molecule has 0 fully saturated rings.